The molecule has 1 N–H and O–H groups in total. The summed E-state index contributed by atoms with van der Waals surface area (Å²) >= 11 is 1.75. The quantitative estimate of drug-likeness (QED) is 0.887. The second-order valence-electron chi connectivity index (χ2n) is 6.27. The maximum atomic E-state index is 4.26. The molecule has 100 valence electrons. The molecule has 2 fully saturated rings. The summed E-state index contributed by atoms with van der Waals surface area (Å²) in [5, 5.41) is 14.4. The highest BCUT2D eigenvalue weighted by Crippen LogP contribution is 2.60. The Labute approximate surface area is 113 Å². The Bertz CT molecular complexity index is 409. The fourth-order valence-corrected chi connectivity index (χ4v) is 4.09. The third kappa shape index (κ3) is 2.45. The topological polar surface area (TPSA) is 37.8 Å². The molecule has 1 spiro atoms. The highest BCUT2D eigenvalue weighted by atomic mass is 32.1. The molecule has 2 aliphatic rings. The molecule has 4 heteroatoms. The van der Waals surface area contributed by atoms with Gasteiger partial charge in [0, 0.05) is 12.5 Å². The number of hydrogen-bond acceptors (Lipinski definition) is 4. The third-order valence-corrected chi connectivity index (χ3v) is 5.85. The van der Waals surface area contributed by atoms with Crippen LogP contribution in [-0.2, 0) is 6.54 Å². The standard InChI is InChI=1S/C14H23N3S/c1-10(2)13-17-16-12(18-13)9-15-8-11-4-3-5-14(11)6-7-14/h10-11,15H,3-9H2,1-2H3. The van der Waals surface area contributed by atoms with Gasteiger partial charge in [-0.15, -0.1) is 10.2 Å². The summed E-state index contributed by atoms with van der Waals surface area (Å²) in [6.45, 7) is 6.42. The van der Waals surface area contributed by atoms with E-state index in [2.05, 4.69) is 29.4 Å². The maximum absolute atomic E-state index is 4.26. The van der Waals surface area contributed by atoms with Gasteiger partial charge in [-0.25, -0.2) is 0 Å². The van der Waals surface area contributed by atoms with Crippen LogP contribution in [0.25, 0.3) is 0 Å². The normalized spacial score (nSPS) is 25.2. The predicted octanol–water partition coefficient (Wildman–Crippen LogP) is 3.33. The second kappa shape index (κ2) is 4.89. The summed E-state index contributed by atoms with van der Waals surface area (Å²) in [5.74, 6) is 1.43. The zero-order valence-electron chi connectivity index (χ0n) is 11.4. The van der Waals surface area contributed by atoms with Gasteiger partial charge in [-0.2, -0.15) is 0 Å². The average molecular weight is 265 g/mol. The van der Waals surface area contributed by atoms with Gasteiger partial charge in [0.05, 0.1) is 0 Å². The number of rotatable bonds is 5. The van der Waals surface area contributed by atoms with Crippen LogP contribution in [0.2, 0.25) is 0 Å². The van der Waals surface area contributed by atoms with Crippen LogP contribution in [-0.4, -0.2) is 16.7 Å². The van der Waals surface area contributed by atoms with Crippen LogP contribution in [0.1, 0.15) is 61.9 Å². The van der Waals surface area contributed by atoms with E-state index in [1.807, 2.05) is 0 Å². The second-order valence-corrected chi connectivity index (χ2v) is 7.36. The molecule has 0 bridgehead atoms. The van der Waals surface area contributed by atoms with Crippen molar-refractivity contribution in [2.24, 2.45) is 11.3 Å². The fraction of sp³-hybridized carbons (Fsp3) is 0.857. The summed E-state index contributed by atoms with van der Waals surface area (Å²) in [6.07, 6.45) is 7.32. The van der Waals surface area contributed by atoms with E-state index in [0.717, 1.165) is 27.9 Å². The van der Waals surface area contributed by atoms with Gasteiger partial charge in [-0.3, -0.25) is 0 Å². The lowest BCUT2D eigenvalue weighted by Crippen LogP contribution is -2.25. The van der Waals surface area contributed by atoms with Crippen molar-refractivity contribution >= 4 is 11.3 Å². The van der Waals surface area contributed by atoms with E-state index in [4.69, 9.17) is 0 Å². The Morgan fingerprint density at radius 2 is 2.17 bits per heavy atom. The molecule has 18 heavy (non-hydrogen) atoms. The smallest absolute Gasteiger partial charge is 0.131 e. The largest absolute Gasteiger partial charge is 0.310 e. The lowest BCUT2D eigenvalue weighted by molar-refractivity contribution is 0.345. The fourth-order valence-electron chi connectivity index (χ4n) is 3.27. The van der Waals surface area contributed by atoms with Gasteiger partial charge in [0.1, 0.15) is 10.0 Å². The molecule has 1 heterocycles. The SMILES string of the molecule is CC(C)c1nnc(CNCC2CCCC23CC3)s1. The van der Waals surface area contributed by atoms with E-state index in [-0.39, 0.29) is 0 Å². The minimum absolute atomic E-state index is 0.501. The molecular weight excluding hydrogens is 242 g/mol. The zero-order valence-corrected chi connectivity index (χ0v) is 12.2. The highest BCUT2D eigenvalue weighted by Gasteiger charge is 2.51. The molecule has 2 aliphatic carbocycles. The van der Waals surface area contributed by atoms with Crippen LogP contribution in [0, 0.1) is 11.3 Å². The van der Waals surface area contributed by atoms with Crippen LogP contribution >= 0.6 is 11.3 Å². The van der Waals surface area contributed by atoms with Crippen LogP contribution in [0.5, 0.6) is 0 Å². The van der Waals surface area contributed by atoms with E-state index >= 15 is 0 Å². The first kappa shape index (κ1) is 12.5. The predicted molar refractivity (Wildman–Crippen MR) is 74.7 cm³/mol. The first-order valence-electron chi connectivity index (χ1n) is 7.23. The van der Waals surface area contributed by atoms with Gasteiger partial charge in [-0.05, 0) is 43.6 Å². The molecule has 1 aromatic rings. The molecule has 1 atom stereocenters. The Morgan fingerprint density at radius 1 is 1.33 bits per heavy atom. The average Bonchev–Trinajstić information content (AvgIpc) is 2.80. The molecule has 0 amide bonds. The monoisotopic (exact) mass is 265 g/mol. The van der Waals surface area contributed by atoms with Crippen LogP contribution in [0.15, 0.2) is 0 Å². The Balaban J connectivity index is 1.46. The van der Waals surface area contributed by atoms with Gasteiger partial charge < -0.3 is 5.32 Å². The summed E-state index contributed by atoms with van der Waals surface area (Å²) < 4.78 is 0. The molecule has 0 aromatic carbocycles. The molecule has 0 saturated heterocycles. The summed E-state index contributed by atoms with van der Waals surface area (Å²) in [5.41, 5.74) is 0.761. The van der Waals surface area contributed by atoms with Crippen molar-refractivity contribution in [3.8, 4) is 0 Å². The van der Waals surface area contributed by atoms with Crippen molar-refractivity contribution in [2.45, 2.75) is 58.4 Å². The van der Waals surface area contributed by atoms with Crippen LogP contribution in [0.4, 0.5) is 0 Å². The molecule has 1 aromatic heterocycles. The van der Waals surface area contributed by atoms with E-state index in [0.29, 0.717) is 5.92 Å². The summed E-state index contributed by atoms with van der Waals surface area (Å²) in [7, 11) is 0. The molecular formula is C14H23N3S. The molecule has 1 unspecified atom stereocenters. The minimum Gasteiger partial charge on any atom is -0.310 e. The van der Waals surface area contributed by atoms with Gasteiger partial charge in [0.25, 0.3) is 0 Å². The summed E-state index contributed by atoms with van der Waals surface area (Å²) in [4.78, 5) is 0. The Morgan fingerprint density at radius 3 is 2.83 bits per heavy atom. The molecule has 0 radical (unpaired) electrons. The van der Waals surface area contributed by atoms with Crippen LogP contribution in [0.3, 0.4) is 0 Å². The molecule has 2 saturated carbocycles. The molecule has 3 nitrogen and oxygen atoms in total. The first-order valence-corrected chi connectivity index (χ1v) is 8.04. The van der Waals surface area contributed by atoms with Crippen molar-refractivity contribution in [3.05, 3.63) is 10.0 Å². The number of nitrogens with zero attached hydrogens (tertiary/aromatic N) is 2. The van der Waals surface area contributed by atoms with Crippen molar-refractivity contribution < 1.29 is 0 Å². The summed E-state index contributed by atoms with van der Waals surface area (Å²) in [6, 6.07) is 0. The zero-order chi connectivity index (χ0) is 12.6. The van der Waals surface area contributed by atoms with Crippen LogP contribution < -0.4 is 5.32 Å². The molecule has 3 rings (SSSR count). The number of hydrogen-bond donors (Lipinski definition) is 1. The Kier molecular flexibility index (Phi) is 3.41. The van der Waals surface area contributed by atoms with Crippen molar-refractivity contribution in [1.82, 2.24) is 15.5 Å². The van der Waals surface area contributed by atoms with E-state index in [1.54, 1.807) is 11.3 Å². The van der Waals surface area contributed by atoms with Crippen molar-refractivity contribution in [1.29, 1.82) is 0 Å². The van der Waals surface area contributed by atoms with Gasteiger partial charge in [-0.1, -0.05) is 31.6 Å². The molecule has 0 aliphatic heterocycles. The third-order valence-electron chi connectivity index (χ3n) is 4.63. The lowest BCUT2D eigenvalue weighted by Gasteiger charge is -2.18. The van der Waals surface area contributed by atoms with Gasteiger partial charge in [0.2, 0.25) is 0 Å². The minimum atomic E-state index is 0.501. The van der Waals surface area contributed by atoms with E-state index in [9.17, 15) is 0 Å². The number of nitrogens with one attached hydrogen (secondary N) is 1. The van der Waals surface area contributed by atoms with Gasteiger partial charge in [0.15, 0.2) is 0 Å². The first-order chi connectivity index (χ1) is 8.70. The van der Waals surface area contributed by atoms with Crippen molar-refractivity contribution in [3.63, 3.8) is 0 Å². The number of aromatic nitrogens is 2. The van der Waals surface area contributed by atoms with Crippen molar-refractivity contribution in [2.75, 3.05) is 6.54 Å². The van der Waals surface area contributed by atoms with E-state index < -0.39 is 0 Å². The lowest BCUT2D eigenvalue weighted by atomic mass is 9.93. The van der Waals surface area contributed by atoms with E-state index in [1.165, 1.54) is 38.6 Å². The maximum Gasteiger partial charge on any atom is 0.131 e. The highest BCUT2D eigenvalue weighted by molar-refractivity contribution is 7.11. The van der Waals surface area contributed by atoms with Gasteiger partial charge >= 0.3 is 0 Å². The Hall–Kier alpha value is -0.480.